The van der Waals surface area contributed by atoms with Gasteiger partial charge in [0.2, 0.25) is 7.37 Å². The van der Waals surface area contributed by atoms with Crippen molar-refractivity contribution >= 4 is 12.7 Å². The maximum absolute atomic E-state index is 14.6. The molecule has 0 aromatic heterocycles. The molecule has 0 N–H and O–H groups in total. The van der Waals surface area contributed by atoms with Crippen LogP contribution in [0.15, 0.2) is 72.8 Å². The molecular weight excluding hydrogens is 351 g/mol. The lowest BCUT2D eigenvalue weighted by Gasteiger charge is -2.31. The molecular formula is C24H27O2P. The van der Waals surface area contributed by atoms with Crippen molar-refractivity contribution in [3.8, 4) is 0 Å². The first-order valence-corrected chi connectivity index (χ1v) is 11.1. The molecule has 0 heterocycles. The van der Waals surface area contributed by atoms with E-state index in [4.69, 9.17) is 4.52 Å². The molecule has 1 unspecified atom stereocenters. The van der Waals surface area contributed by atoms with E-state index in [2.05, 4.69) is 19.1 Å². The first-order valence-electron chi connectivity index (χ1n) is 9.40. The molecule has 0 bridgehead atoms. The lowest BCUT2D eigenvalue weighted by Crippen LogP contribution is -2.21. The molecule has 2 nitrogen and oxygen atoms in total. The Hall–Kier alpha value is -2.15. The van der Waals surface area contributed by atoms with E-state index in [0.29, 0.717) is 6.61 Å². The lowest BCUT2D eigenvalue weighted by atomic mass is 10.0. The van der Waals surface area contributed by atoms with E-state index >= 15 is 0 Å². The molecule has 0 saturated carbocycles. The minimum atomic E-state index is -3.22. The molecule has 0 fully saturated rings. The molecule has 0 spiro atoms. The van der Waals surface area contributed by atoms with E-state index in [1.54, 1.807) is 0 Å². The monoisotopic (exact) mass is 378 g/mol. The third kappa shape index (κ3) is 3.93. The fourth-order valence-electron chi connectivity index (χ4n) is 3.98. The second-order valence-corrected chi connectivity index (χ2v) is 9.40. The number of benzene rings is 3. The van der Waals surface area contributed by atoms with Crippen LogP contribution < -0.4 is 5.30 Å². The highest BCUT2D eigenvalue weighted by molar-refractivity contribution is 7.67. The van der Waals surface area contributed by atoms with Gasteiger partial charge in [-0.05, 0) is 49.9 Å². The Kier molecular flexibility index (Phi) is 5.99. The summed E-state index contributed by atoms with van der Waals surface area (Å²) in [5, 5.41) is 0.854. The van der Waals surface area contributed by atoms with Crippen molar-refractivity contribution in [2.75, 3.05) is 6.61 Å². The van der Waals surface area contributed by atoms with Crippen LogP contribution in [0.5, 0.6) is 0 Å². The number of hydrogen-bond acceptors (Lipinski definition) is 2. The van der Waals surface area contributed by atoms with Gasteiger partial charge in [0.05, 0.1) is 12.3 Å². The smallest absolute Gasteiger partial charge is 0.244 e. The van der Waals surface area contributed by atoms with Crippen LogP contribution in [0.2, 0.25) is 0 Å². The highest BCUT2D eigenvalue weighted by Crippen LogP contribution is 2.62. The van der Waals surface area contributed by atoms with Crippen LogP contribution in [0.25, 0.3) is 0 Å². The summed E-state index contributed by atoms with van der Waals surface area (Å²) >= 11 is 0. The topological polar surface area (TPSA) is 26.3 Å². The van der Waals surface area contributed by atoms with Gasteiger partial charge in [0.25, 0.3) is 0 Å². The lowest BCUT2D eigenvalue weighted by molar-refractivity contribution is 0.336. The maximum atomic E-state index is 14.6. The maximum Gasteiger partial charge on any atom is 0.244 e. The molecule has 0 aliphatic rings. The van der Waals surface area contributed by atoms with Gasteiger partial charge < -0.3 is 4.52 Å². The largest absolute Gasteiger partial charge is 0.325 e. The number of aryl methyl sites for hydroxylation is 3. The molecule has 3 heteroatoms. The van der Waals surface area contributed by atoms with Crippen LogP contribution in [-0.4, -0.2) is 6.61 Å². The van der Waals surface area contributed by atoms with Crippen molar-refractivity contribution in [2.45, 2.75) is 33.4 Å². The molecule has 0 saturated heterocycles. The molecule has 3 aromatic carbocycles. The molecule has 140 valence electrons. The summed E-state index contributed by atoms with van der Waals surface area (Å²) in [6.45, 7) is 8.46. The Morgan fingerprint density at radius 2 is 1.26 bits per heavy atom. The van der Waals surface area contributed by atoms with Gasteiger partial charge in [-0.2, -0.15) is 0 Å². The summed E-state index contributed by atoms with van der Waals surface area (Å²) in [6, 6.07) is 24.3. The van der Waals surface area contributed by atoms with Gasteiger partial charge in [-0.3, -0.25) is 4.57 Å². The second-order valence-electron chi connectivity index (χ2n) is 6.99. The first-order chi connectivity index (χ1) is 13.0. The van der Waals surface area contributed by atoms with Crippen LogP contribution in [0.3, 0.4) is 0 Å². The number of hydrogen-bond donors (Lipinski definition) is 0. The Bertz CT molecular complexity index is 886. The molecule has 27 heavy (non-hydrogen) atoms. The van der Waals surface area contributed by atoms with Crippen LogP contribution in [-0.2, 0) is 9.09 Å². The summed E-state index contributed by atoms with van der Waals surface area (Å²) in [5.41, 5.74) is 4.93. The van der Waals surface area contributed by atoms with E-state index < -0.39 is 7.37 Å². The van der Waals surface area contributed by atoms with Crippen molar-refractivity contribution < 1.29 is 9.09 Å². The molecule has 0 amide bonds. The van der Waals surface area contributed by atoms with Gasteiger partial charge in [0, 0.05) is 5.30 Å². The van der Waals surface area contributed by atoms with Crippen molar-refractivity contribution in [1.82, 2.24) is 0 Å². The van der Waals surface area contributed by atoms with Crippen LogP contribution in [0, 0.1) is 20.8 Å². The predicted octanol–water partition coefficient (Wildman–Crippen LogP) is 6.34. The van der Waals surface area contributed by atoms with E-state index in [1.165, 1.54) is 5.56 Å². The molecule has 1 atom stereocenters. The van der Waals surface area contributed by atoms with Gasteiger partial charge in [-0.15, -0.1) is 0 Å². The average Bonchev–Trinajstić information content (AvgIpc) is 2.63. The quantitative estimate of drug-likeness (QED) is 0.468. The van der Waals surface area contributed by atoms with E-state index in [0.717, 1.165) is 27.6 Å². The summed E-state index contributed by atoms with van der Waals surface area (Å²) in [5.74, 6) is 0. The molecule has 0 radical (unpaired) electrons. The third-order valence-corrected chi connectivity index (χ3v) is 8.09. The number of rotatable bonds is 6. The fourth-order valence-corrected chi connectivity index (χ4v) is 7.14. The standard InChI is InChI=1S/C24H27O2P/c1-5-26-27(25,23-19(3)16-18(2)17-20(23)4)24(21-12-8-6-9-13-21)22-14-10-7-11-15-22/h6-17,24H,5H2,1-4H3. The zero-order chi connectivity index (χ0) is 19.4. The second kappa shape index (κ2) is 8.25. The third-order valence-electron chi connectivity index (χ3n) is 4.84. The van der Waals surface area contributed by atoms with E-state index in [1.807, 2.05) is 81.4 Å². The average molecular weight is 378 g/mol. The fraction of sp³-hybridized carbons (Fsp3) is 0.250. The van der Waals surface area contributed by atoms with Gasteiger partial charge in [0.1, 0.15) is 0 Å². The van der Waals surface area contributed by atoms with Gasteiger partial charge >= 0.3 is 0 Å². The molecule has 0 aliphatic heterocycles. The summed E-state index contributed by atoms with van der Waals surface area (Å²) < 4.78 is 20.8. The summed E-state index contributed by atoms with van der Waals surface area (Å²) in [4.78, 5) is 0. The summed E-state index contributed by atoms with van der Waals surface area (Å²) in [7, 11) is -3.22. The zero-order valence-corrected chi connectivity index (χ0v) is 17.4. The first kappa shape index (κ1) is 19.6. The molecule has 3 rings (SSSR count). The predicted molar refractivity (Wildman–Crippen MR) is 114 cm³/mol. The van der Waals surface area contributed by atoms with Crippen molar-refractivity contribution in [2.24, 2.45) is 0 Å². The highest BCUT2D eigenvalue weighted by atomic mass is 31.2. The normalized spacial score (nSPS) is 13.5. The Morgan fingerprint density at radius 3 is 1.67 bits per heavy atom. The minimum absolute atomic E-state index is 0.333. The SMILES string of the molecule is CCOP(=O)(c1c(C)cc(C)cc1C)C(c1ccccc1)c1ccccc1. The van der Waals surface area contributed by atoms with Crippen molar-refractivity contribution in [1.29, 1.82) is 0 Å². The van der Waals surface area contributed by atoms with Crippen LogP contribution >= 0.6 is 7.37 Å². The zero-order valence-electron chi connectivity index (χ0n) is 16.5. The van der Waals surface area contributed by atoms with Crippen LogP contribution in [0.1, 0.15) is 40.4 Å². The Balaban J connectivity index is 2.31. The Morgan fingerprint density at radius 1 is 0.815 bits per heavy atom. The van der Waals surface area contributed by atoms with Gasteiger partial charge in [-0.25, -0.2) is 0 Å². The van der Waals surface area contributed by atoms with E-state index in [9.17, 15) is 4.57 Å². The molecule has 0 aliphatic carbocycles. The molecule has 3 aromatic rings. The van der Waals surface area contributed by atoms with Crippen LogP contribution in [0.4, 0.5) is 0 Å². The minimum Gasteiger partial charge on any atom is -0.325 e. The van der Waals surface area contributed by atoms with Gasteiger partial charge in [-0.1, -0.05) is 78.4 Å². The van der Waals surface area contributed by atoms with Crippen molar-refractivity contribution in [3.63, 3.8) is 0 Å². The van der Waals surface area contributed by atoms with Gasteiger partial charge in [0.15, 0.2) is 0 Å². The van der Waals surface area contributed by atoms with E-state index in [-0.39, 0.29) is 5.66 Å². The Labute approximate surface area is 162 Å². The van der Waals surface area contributed by atoms with Crippen molar-refractivity contribution in [3.05, 3.63) is 101 Å². The summed E-state index contributed by atoms with van der Waals surface area (Å²) in [6.07, 6.45) is 0. The highest BCUT2D eigenvalue weighted by Gasteiger charge is 2.40.